The van der Waals surface area contributed by atoms with Gasteiger partial charge in [0.2, 0.25) is 11.8 Å². The maximum absolute atomic E-state index is 12.9. The first kappa shape index (κ1) is 28.2. The van der Waals surface area contributed by atoms with Crippen LogP contribution in [0.5, 0.6) is 5.75 Å². The highest BCUT2D eigenvalue weighted by atomic mass is 32.2. The van der Waals surface area contributed by atoms with Crippen molar-refractivity contribution in [3.05, 3.63) is 70.1 Å². The lowest BCUT2D eigenvalue weighted by Gasteiger charge is -2.25. The van der Waals surface area contributed by atoms with E-state index in [9.17, 15) is 19.2 Å². The van der Waals surface area contributed by atoms with Crippen LogP contribution in [-0.2, 0) is 27.3 Å². The van der Waals surface area contributed by atoms with Crippen LogP contribution in [0, 0.1) is 0 Å². The number of thiophene rings is 1. The van der Waals surface area contributed by atoms with E-state index >= 15 is 0 Å². The number of nitrogens with one attached hydrogen (secondary N) is 2. The number of thioether (sulfide) groups is 1. The minimum atomic E-state index is -0.478. The van der Waals surface area contributed by atoms with E-state index in [0.29, 0.717) is 47.1 Å². The fraction of sp³-hybridized carbons (Fsp3) is 0.286. The predicted molar refractivity (Wildman–Crippen MR) is 152 cm³/mol. The molecule has 3 amide bonds. The molecule has 0 unspecified atom stereocenters. The van der Waals surface area contributed by atoms with Gasteiger partial charge >= 0.3 is 5.97 Å². The first-order valence-corrected chi connectivity index (χ1v) is 14.1. The van der Waals surface area contributed by atoms with E-state index in [-0.39, 0.29) is 30.1 Å². The standard InChI is InChI=1S/C28H29N3O6S2/c1-4-37-28(35)25-22-11-12-31(17(2)32)15-23(22)39-27(25)30-24(33)16-38-21-10-6-8-19(14-21)29-26(34)18-7-5-9-20(13-18)36-3/h5-10,13-14H,4,11-12,15-16H2,1-3H3,(H,29,34)(H,30,33). The Morgan fingerprint density at radius 3 is 2.62 bits per heavy atom. The van der Waals surface area contributed by atoms with Gasteiger partial charge in [-0.15, -0.1) is 23.1 Å². The zero-order valence-electron chi connectivity index (χ0n) is 21.9. The summed E-state index contributed by atoms with van der Waals surface area (Å²) >= 11 is 2.61. The Labute approximate surface area is 234 Å². The van der Waals surface area contributed by atoms with Crippen LogP contribution in [-0.4, -0.2) is 54.6 Å². The summed E-state index contributed by atoms with van der Waals surface area (Å²) in [6.07, 6.45) is 0.526. The van der Waals surface area contributed by atoms with Crippen molar-refractivity contribution in [2.45, 2.75) is 31.7 Å². The average Bonchev–Trinajstić information content (AvgIpc) is 3.29. The summed E-state index contributed by atoms with van der Waals surface area (Å²) in [7, 11) is 1.54. The molecule has 2 aromatic carbocycles. The predicted octanol–water partition coefficient (Wildman–Crippen LogP) is 4.82. The molecule has 2 N–H and O–H groups in total. The molecule has 2 heterocycles. The monoisotopic (exact) mass is 567 g/mol. The fourth-order valence-corrected chi connectivity index (χ4v) is 6.14. The first-order chi connectivity index (χ1) is 18.8. The molecule has 0 spiro atoms. The van der Waals surface area contributed by atoms with Gasteiger partial charge in [-0.3, -0.25) is 14.4 Å². The second-order valence-corrected chi connectivity index (χ2v) is 10.8. The number of nitrogens with zero attached hydrogens (tertiary/aromatic N) is 1. The molecule has 0 aliphatic carbocycles. The number of carbonyl (C=O) groups excluding carboxylic acids is 4. The highest BCUT2D eigenvalue weighted by molar-refractivity contribution is 8.00. The molecule has 3 aromatic rings. The summed E-state index contributed by atoms with van der Waals surface area (Å²) in [5.41, 5.74) is 2.27. The number of carbonyl (C=O) groups is 4. The zero-order valence-corrected chi connectivity index (χ0v) is 23.5. The van der Waals surface area contributed by atoms with Crippen molar-refractivity contribution >= 4 is 57.5 Å². The van der Waals surface area contributed by atoms with Crippen LogP contribution in [0.3, 0.4) is 0 Å². The van der Waals surface area contributed by atoms with Gasteiger partial charge in [-0.05, 0) is 55.3 Å². The number of benzene rings is 2. The van der Waals surface area contributed by atoms with Crippen molar-refractivity contribution < 1.29 is 28.7 Å². The number of rotatable bonds is 9. The largest absolute Gasteiger partial charge is 0.497 e. The van der Waals surface area contributed by atoms with Crippen LogP contribution in [0.1, 0.15) is 45.0 Å². The molecular weight excluding hydrogens is 538 g/mol. The van der Waals surface area contributed by atoms with Gasteiger partial charge in [-0.2, -0.15) is 0 Å². The summed E-state index contributed by atoms with van der Waals surface area (Å²) in [5.74, 6) is -0.377. The Morgan fingerprint density at radius 1 is 1.08 bits per heavy atom. The molecule has 4 rings (SSSR count). The lowest BCUT2D eigenvalue weighted by Crippen LogP contribution is -2.34. The number of anilines is 2. The molecule has 0 bridgehead atoms. The van der Waals surface area contributed by atoms with E-state index in [1.54, 1.807) is 61.4 Å². The van der Waals surface area contributed by atoms with Gasteiger partial charge in [-0.1, -0.05) is 12.1 Å². The molecule has 0 atom stereocenters. The van der Waals surface area contributed by atoms with Crippen molar-refractivity contribution in [2.24, 2.45) is 0 Å². The van der Waals surface area contributed by atoms with Gasteiger partial charge in [0.1, 0.15) is 10.8 Å². The maximum atomic E-state index is 12.9. The van der Waals surface area contributed by atoms with Crippen LogP contribution in [0.15, 0.2) is 53.4 Å². The third-order valence-corrected chi connectivity index (χ3v) is 8.15. The van der Waals surface area contributed by atoms with Crippen molar-refractivity contribution in [1.82, 2.24) is 4.90 Å². The summed E-state index contributed by atoms with van der Waals surface area (Å²) in [5, 5.41) is 6.17. The Balaban J connectivity index is 1.41. The molecule has 0 radical (unpaired) electrons. The van der Waals surface area contributed by atoms with E-state index in [2.05, 4.69) is 10.6 Å². The fourth-order valence-electron chi connectivity index (χ4n) is 4.12. The summed E-state index contributed by atoms with van der Waals surface area (Å²) < 4.78 is 10.4. The van der Waals surface area contributed by atoms with Gasteiger partial charge in [-0.25, -0.2) is 4.79 Å². The number of amides is 3. The van der Waals surface area contributed by atoms with Gasteiger partial charge in [0.05, 0.1) is 31.6 Å². The maximum Gasteiger partial charge on any atom is 0.341 e. The molecule has 39 heavy (non-hydrogen) atoms. The van der Waals surface area contributed by atoms with Crippen LogP contribution in [0.4, 0.5) is 10.7 Å². The van der Waals surface area contributed by atoms with Crippen LogP contribution in [0.25, 0.3) is 0 Å². The molecule has 11 heteroatoms. The van der Waals surface area contributed by atoms with E-state index in [0.717, 1.165) is 15.3 Å². The van der Waals surface area contributed by atoms with Gasteiger partial charge < -0.3 is 25.0 Å². The highest BCUT2D eigenvalue weighted by Gasteiger charge is 2.30. The lowest BCUT2D eigenvalue weighted by molar-refractivity contribution is -0.129. The number of hydrogen-bond acceptors (Lipinski definition) is 8. The van der Waals surface area contributed by atoms with Crippen LogP contribution >= 0.6 is 23.1 Å². The summed E-state index contributed by atoms with van der Waals surface area (Å²) in [4.78, 5) is 53.5. The molecule has 204 valence electrons. The number of hydrogen-bond donors (Lipinski definition) is 2. The van der Waals surface area contributed by atoms with Crippen molar-refractivity contribution in [3.63, 3.8) is 0 Å². The summed E-state index contributed by atoms with van der Waals surface area (Å²) in [6.45, 7) is 4.39. The molecule has 0 fully saturated rings. The molecule has 1 aliphatic heterocycles. The van der Waals surface area contributed by atoms with E-state index < -0.39 is 5.97 Å². The molecular formula is C28H29N3O6S2. The Morgan fingerprint density at radius 2 is 1.87 bits per heavy atom. The minimum Gasteiger partial charge on any atom is -0.497 e. The average molecular weight is 568 g/mol. The topological polar surface area (TPSA) is 114 Å². The second-order valence-electron chi connectivity index (χ2n) is 8.67. The first-order valence-electron chi connectivity index (χ1n) is 12.3. The second kappa shape index (κ2) is 12.8. The van der Waals surface area contributed by atoms with Crippen LogP contribution in [0.2, 0.25) is 0 Å². The highest BCUT2D eigenvalue weighted by Crippen LogP contribution is 2.38. The number of methoxy groups -OCH3 is 1. The number of fused-ring (bicyclic) bond motifs is 1. The SMILES string of the molecule is CCOC(=O)c1c(NC(=O)CSc2cccc(NC(=O)c3cccc(OC)c3)c2)sc2c1CCN(C(C)=O)C2. The normalized spacial score (nSPS) is 12.3. The van der Waals surface area contributed by atoms with E-state index in [4.69, 9.17) is 9.47 Å². The number of esters is 1. The van der Waals surface area contributed by atoms with E-state index in [1.807, 2.05) is 6.07 Å². The molecule has 1 aliphatic rings. The number of ether oxygens (including phenoxy) is 2. The lowest BCUT2D eigenvalue weighted by atomic mass is 10.0. The summed E-state index contributed by atoms with van der Waals surface area (Å²) in [6, 6.07) is 14.1. The molecule has 9 nitrogen and oxygen atoms in total. The third-order valence-electron chi connectivity index (χ3n) is 6.03. The molecule has 0 saturated carbocycles. The van der Waals surface area contributed by atoms with Gasteiger partial charge in [0.25, 0.3) is 5.91 Å². The molecule has 0 saturated heterocycles. The van der Waals surface area contributed by atoms with Gasteiger partial charge in [0.15, 0.2) is 0 Å². The van der Waals surface area contributed by atoms with Gasteiger partial charge in [0, 0.05) is 34.5 Å². The minimum absolute atomic E-state index is 0.0318. The van der Waals surface area contributed by atoms with Crippen molar-refractivity contribution in [1.29, 1.82) is 0 Å². The molecule has 1 aromatic heterocycles. The Hall–Kier alpha value is -3.83. The Bertz CT molecular complexity index is 1400. The van der Waals surface area contributed by atoms with Crippen molar-refractivity contribution in [3.8, 4) is 5.75 Å². The zero-order chi connectivity index (χ0) is 27.9. The van der Waals surface area contributed by atoms with E-state index in [1.165, 1.54) is 30.0 Å². The third kappa shape index (κ3) is 6.98. The quantitative estimate of drug-likeness (QED) is 0.281. The van der Waals surface area contributed by atoms with Crippen LogP contribution < -0.4 is 15.4 Å². The Kier molecular flexibility index (Phi) is 9.26. The van der Waals surface area contributed by atoms with Crippen molar-refractivity contribution in [2.75, 3.05) is 36.6 Å². The smallest absolute Gasteiger partial charge is 0.341 e.